The summed E-state index contributed by atoms with van der Waals surface area (Å²) < 4.78 is 6.82. The van der Waals surface area contributed by atoms with Crippen LogP contribution in [0.25, 0.3) is 16.9 Å². The molecular weight excluding hydrogens is 306 g/mol. The Kier molecular flexibility index (Phi) is 4.37. The van der Waals surface area contributed by atoms with Gasteiger partial charge in [-0.3, -0.25) is 9.20 Å². The molecule has 0 amide bonds. The highest BCUT2D eigenvalue weighted by atomic mass is 16.5. The number of ether oxygens (including phenoxy) is 1. The Bertz CT molecular complexity index is 886. The van der Waals surface area contributed by atoms with Gasteiger partial charge in [-0.25, -0.2) is 4.98 Å². The Morgan fingerprint density at radius 3 is 2.88 bits per heavy atom. The Labute approximate surface area is 139 Å². The van der Waals surface area contributed by atoms with Crippen molar-refractivity contribution in [3.8, 4) is 17.0 Å². The molecule has 0 unspecified atom stereocenters. The van der Waals surface area contributed by atoms with Gasteiger partial charge in [-0.1, -0.05) is 12.1 Å². The highest BCUT2D eigenvalue weighted by Gasteiger charge is 2.17. The number of para-hydroxylation sites is 1. The molecule has 0 radical (unpaired) electrons. The number of rotatable bonds is 5. The minimum absolute atomic E-state index is 0.0239. The monoisotopic (exact) mass is 325 g/mol. The number of anilines is 1. The minimum atomic E-state index is -0.345. The summed E-state index contributed by atoms with van der Waals surface area (Å²) in [6, 6.07) is 10.9. The number of benzene rings is 1. The van der Waals surface area contributed by atoms with Crippen LogP contribution in [-0.4, -0.2) is 33.6 Å². The zero-order valence-electron chi connectivity index (χ0n) is 13.6. The van der Waals surface area contributed by atoms with E-state index >= 15 is 0 Å². The molecule has 2 aromatic heterocycles. The van der Waals surface area contributed by atoms with Gasteiger partial charge in [-0.05, 0) is 43.7 Å². The maximum absolute atomic E-state index is 11.7. The van der Waals surface area contributed by atoms with E-state index in [2.05, 4.69) is 10.3 Å². The van der Waals surface area contributed by atoms with Crippen molar-refractivity contribution < 1.29 is 14.6 Å². The molecule has 2 N–H and O–H groups in total. The van der Waals surface area contributed by atoms with Gasteiger partial charge in [-0.2, -0.15) is 0 Å². The molecule has 6 nitrogen and oxygen atoms in total. The highest BCUT2D eigenvalue weighted by Crippen LogP contribution is 2.34. The molecule has 24 heavy (non-hydrogen) atoms. The standard InChI is InChI=1S/C18H19N3O3/c1-3-24-16(23)11-19-18-17(13-6-4-5-7-14(13)22)20-15-10-12(2)8-9-21(15)18/h4-10,19,22H,3,11H2,1-2H3. The number of nitrogens with zero attached hydrogens (tertiary/aromatic N) is 2. The topological polar surface area (TPSA) is 75.9 Å². The van der Waals surface area contributed by atoms with E-state index in [0.29, 0.717) is 23.7 Å². The van der Waals surface area contributed by atoms with E-state index in [1.165, 1.54) is 0 Å². The molecule has 0 aliphatic rings. The number of aromatic nitrogens is 2. The lowest BCUT2D eigenvalue weighted by molar-refractivity contribution is -0.140. The zero-order valence-corrected chi connectivity index (χ0v) is 13.6. The van der Waals surface area contributed by atoms with Crippen molar-refractivity contribution in [1.29, 1.82) is 0 Å². The molecule has 0 fully saturated rings. The number of fused-ring (bicyclic) bond motifs is 1. The molecule has 0 saturated carbocycles. The molecule has 0 aliphatic heterocycles. The second-order valence-electron chi connectivity index (χ2n) is 5.42. The fourth-order valence-corrected chi connectivity index (χ4v) is 2.55. The van der Waals surface area contributed by atoms with E-state index in [1.54, 1.807) is 25.1 Å². The van der Waals surface area contributed by atoms with Crippen LogP contribution < -0.4 is 5.32 Å². The summed E-state index contributed by atoms with van der Waals surface area (Å²) in [6.45, 7) is 4.11. The van der Waals surface area contributed by atoms with Gasteiger partial charge in [0.2, 0.25) is 0 Å². The van der Waals surface area contributed by atoms with E-state index in [1.807, 2.05) is 35.7 Å². The van der Waals surface area contributed by atoms with Crippen LogP contribution in [0.3, 0.4) is 0 Å². The number of esters is 1. The zero-order chi connectivity index (χ0) is 17.1. The second-order valence-corrected chi connectivity index (χ2v) is 5.42. The average molecular weight is 325 g/mol. The van der Waals surface area contributed by atoms with Crippen LogP contribution in [0, 0.1) is 6.92 Å². The van der Waals surface area contributed by atoms with Crippen LogP contribution in [0.15, 0.2) is 42.6 Å². The number of imidazole rings is 1. The van der Waals surface area contributed by atoms with Crippen LogP contribution in [0.1, 0.15) is 12.5 Å². The molecule has 0 saturated heterocycles. The fraction of sp³-hybridized carbons (Fsp3) is 0.222. The minimum Gasteiger partial charge on any atom is -0.507 e. The Morgan fingerprint density at radius 2 is 2.12 bits per heavy atom. The van der Waals surface area contributed by atoms with Crippen molar-refractivity contribution in [3.05, 3.63) is 48.2 Å². The molecule has 0 bridgehead atoms. The summed E-state index contributed by atoms with van der Waals surface area (Å²) in [4.78, 5) is 16.3. The van der Waals surface area contributed by atoms with Gasteiger partial charge in [0, 0.05) is 11.8 Å². The molecule has 3 aromatic rings. The van der Waals surface area contributed by atoms with Gasteiger partial charge in [-0.15, -0.1) is 0 Å². The van der Waals surface area contributed by atoms with Crippen LogP contribution in [0.2, 0.25) is 0 Å². The van der Waals surface area contributed by atoms with Crippen LogP contribution in [-0.2, 0) is 9.53 Å². The first-order chi connectivity index (χ1) is 11.6. The first-order valence-corrected chi connectivity index (χ1v) is 7.76. The van der Waals surface area contributed by atoms with Crippen LogP contribution >= 0.6 is 0 Å². The summed E-state index contributed by atoms with van der Waals surface area (Å²) in [6.07, 6.45) is 1.88. The Morgan fingerprint density at radius 1 is 1.33 bits per heavy atom. The smallest absolute Gasteiger partial charge is 0.325 e. The van der Waals surface area contributed by atoms with Crippen LogP contribution in [0.4, 0.5) is 5.82 Å². The van der Waals surface area contributed by atoms with E-state index < -0.39 is 0 Å². The largest absolute Gasteiger partial charge is 0.507 e. The van der Waals surface area contributed by atoms with Gasteiger partial charge < -0.3 is 15.2 Å². The summed E-state index contributed by atoms with van der Waals surface area (Å²) >= 11 is 0. The summed E-state index contributed by atoms with van der Waals surface area (Å²) in [5.74, 6) is 0.430. The molecular formula is C18H19N3O3. The maximum Gasteiger partial charge on any atom is 0.325 e. The fourth-order valence-electron chi connectivity index (χ4n) is 2.55. The van der Waals surface area contributed by atoms with E-state index in [4.69, 9.17) is 4.74 Å². The van der Waals surface area contributed by atoms with Crippen molar-refractivity contribution in [2.24, 2.45) is 0 Å². The third-order valence-electron chi connectivity index (χ3n) is 3.65. The normalized spacial score (nSPS) is 10.8. The number of phenolic OH excluding ortho intramolecular Hbond substituents is 1. The summed E-state index contributed by atoms with van der Waals surface area (Å²) in [7, 11) is 0. The van der Waals surface area contributed by atoms with E-state index in [0.717, 1.165) is 11.2 Å². The lowest BCUT2D eigenvalue weighted by atomic mass is 10.1. The number of hydrogen-bond donors (Lipinski definition) is 2. The van der Waals surface area contributed by atoms with Crippen molar-refractivity contribution in [1.82, 2.24) is 9.38 Å². The molecule has 6 heteroatoms. The van der Waals surface area contributed by atoms with E-state index in [-0.39, 0.29) is 18.3 Å². The third-order valence-corrected chi connectivity index (χ3v) is 3.65. The number of nitrogens with one attached hydrogen (secondary N) is 1. The number of phenols is 1. The molecule has 124 valence electrons. The predicted octanol–water partition coefficient (Wildman–Crippen LogP) is 2.99. The van der Waals surface area contributed by atoms with Gasteiger partial charge in [0.05, 0.1) is 6.61 Å². The Balaban J connectivity index is 2.08. The van der Waals surface area contributed by atoms with Crippen molar-refractivity contribution >= 4 is 17.4 Å². The maximum atomic E-state index is 11.7. The molecule has 0 aliphatic carbocycles. The van der Waals surface area contributed by atoms with Gasteiger partial charge in [0.15, 0.2) is 0 Å². The number of carbonyl (C=O) groups excluding carboxylic acids is 1. The number of pyridine rings is 1. The van der Waals surface area contributed by atoms with E-state index in [9.17, 15) is 9.90 Å². The quantitative estimate of drug-likeness (QED) is 0.705. The third kappa shape index (κ3) is 3.03. The number of aromatic hydroxyl groups is 1. The van der Waals surface area contributed by atoms with Gasteiger partial charge >= 0.3 is 5.97 Å². The first kappa shape index (κ1) is 15.9. The van der Waals surface area contributed by atoms with Crippen molar-refractivity contribution in [2.75, 3.05) is 18.5 Å². The number of hydrogen-bond acceptors (Lipinski definition) is 5. The second kappa shape index (κ2) is 6.62. The Hall–Kier alpha value is -3.02. The summed E-state index contributed by atoms with van der Waals surface area (Å²) in [5, 5.41) is 13.2. The molecule has 0 atom stereocenters. The van der Waals surface area contributed by atoms with Gasteiger partial charge in [0.25, 0.3) is 0 Å². The highest BCUT2D eigenvalue weighted by molar-refractivity contribution is 5.83. The summed E-state index contributed by atoms with van der Waals surface area (Å²) in [5.41, 5.74) is 3.00. The molecule has 0 spiro atoms. The first-order valence-electron chi connectivity index (χ1n) is 7.76. The van der Waals surface area contributed by atoms with Gasteiger partial charge in [0.1, 0.15) is 29.5 Å². The van der Waals surface area contributed by atoms with Crippen LogP contribution in [0.5, 0.6) is 5.75 Å². The van der Waals surface area contributed by atoms with Crippen molar-refractivity contribution in [3.63, 3.8) is 0 Å². The lowest BCUT2D eigenvalue weighted by Gasteiger charge is -2.09. The lowest BCUT2D eigenvalue weighted by Crippen LogP contribution is -2.17. The molecule has 3 rings (SSSR count). The molecule has 1 aromatic carbocycles. The number of aryl methyl sites for hydroxylation is 1. The average Bonchev–Trinajstić information content (AvgIpc) is 2.91. The number of carbonyl (C=O) groups is 1. The molecule has 2 heterocycles. The predicted molar refractivity (Wildman–Crippen MR) is 92.2 cm³/mol. The SMILES string of the molecule is CCOC(=O)CNc1c(-c2ccccc2O)nc2cc(C)ccn12. The van der Waals surface area contributed by atoms with Crippen molar-refractivity contribution in [2.45, 2.75) is 13.8 Å².